The summed E-state index contributed by atoms with van der Waals surface area (Å²) in [6.45, 7) is 0.419. The van der Waals surface area contributed by atoms with Gasteiger partial charge in [-0.2, -0.15) is 4.31 Å². The van der Waals surface area contributed by atoms with Gasteiger partial charge in [-0.15, -0.1) is 13.2 Å². The lowest BCUT2D eigenvalue weighted by molar-refractivity contribution is -0.274. The number of imidazole rings is 1. The van der Waals surface area contributed by atoms with E-state index in [1.54, 1.807) is 0 Å². The Balaban J connectivity index is 1.75. The molecule has 2 heterocycles. The van der Waals surface area contributed by atoms with Crippen molar-refractivity contribution in [1.29, 1.82) is 0 Å². The van der Waals surface area contributed by atoms with Crippen molar-refractivity contribution in [3.63, 3.8) is 0 Å². The highest BCUT2D eigenvalue weighted by atomic mass is 32.2. The third kappa shape index (κ3) is 4.44. The second kappa shape index (κ2) is 7.80. The number of carbonyl (C=O) groups excluding carboxylic acids is 1. The molecular weight excluding hydrogens is 401 g/mol. The Labute approximate surface area is 159 Å². The van der Waals surface area contributed by atoms with Crippen molar-refractivity contribution >= 4 is 15.9 Å². The molecule has 12 heteroatoms. The van der Waals surface area contributed by atoms with Crippen LogP contribution in [-0.4, -0.2) is 66.0 Å². The predicted octanol–water partition coefficient (Wildman–Crippen LogP) is 1.85. The van der Waals surface area contributed by atoms with Gasteiger partial charge >= 0.3 is 6.36 Å². The molecule has 1 amide bonds. The quantitative estimate of drug-likeness (QED) is 0.818. The molecular formula is C16H17F3N4O4S. The summed E-state index contributed by atoms with van der Waals surface area (Å²) in [7, 11) is -3.78. The number of amides is 1. The third-order valence-electron chi connectivity index (χ3n) is 4.18. The van der Waals surface area contributed by atoms with Crippen molar-refractivity contribution in [3.05, 3.63) is 42.4 Å². The van der Waals surface area contributed by atoms with Gasteiger partial charge in [0.15, 0.2) is 5.03 Å². The first-order valence-electron chi connectivity index (χ1n) is 8.31. The first-order chi connectivity index (χ1) is 13.2. The normalized spacial score (nSPS) is 16.6. The Morgan fingerprint density at radius 2 is 1.89 bits per heavy atom. The van der Waals surface area contributed by atoms with Crippen LogP contribution in [0.1, 0.15) is 16.8 Å². The summed E-state index contributed by atoms with van der Waals surface area (Å²) in [6, 6.07) is 5.07. The number of ether oxygens (including phenoxy) is 1. The van der Waals surface area contributed by atoms with Crippen molar-refractivity contribution in [1.82, 2.24) is 19.2 Å². The maximum Gasteiger partial charge on any atom is 0.573 e. The molecule has 8 nitrogen and oxygen atoms in total. The number of aromatic amines is 1. The minimum absolute atomic E-state index is 0.00931. The fourth-order valence-corrected chi connectivity index (χ4v) is 4.25. The lowest BCUT2D eigenvalue weighted by Crippen LogP contribution is -2.37. The smallest absolute Gasteiger partial charge is 0.405 e. The van der Waals surface area contributed by atoms with E-state index in [-0.39, 0.29) is 36.8 Å². The highest BCUT2D eigenvalue weighted by molar-refractivity contribution is 7.89. The fraction of sp³-hybridized carbons (Fsp3) is 0.375. The zero-order valence-corrected chi connectivity index (χ0v) is 15.3. The number of sulfonamides is 1. The van der Waals surface area contributed by atoms with Crippen LogP contribution in [0.5, 0.6) is 5.75 Å². The Morgan fingerprint density at radius 3 is 2.57 bits per heavy atom. The summed E-state index contributed by atoms with van der Waals surface area (Å²) < 4.78 is 68.0. The maximum atomic E-state index is 12.7. The van der Waals surface area contributed by atoms with Crippen LogP contribution in [-0.2, 0) is 10.0 Å². The molecule has 1 fully saturated rings. The van der Waals surface area contributed by atoms with E-state index in [0.29, 0.717) is 6.42 Å². The number of alkyl halides is 3. The Bertz CT molecular complexity index is 932. The Morgan fingerprint density at radius 1 is 1.14 bits per heavy atom. The van der Waals surface area contributed by atoms with Crippen molar-refractivity contribution in [2.24, 2.45) is 0 Å². The molecule has 1 saturated heterocycles. The van der Waals surface area contributed by atoms with E-state index >= 15 is 0 Å². The van der Waals surface area contributed by atoms with E-state index in [2.05, 4.69) is 14.7 Å². The third-order valence-corrected chi connectivity index (χ3v) is 6.00. The van der Waals surface area contributed by atoms with Gasteiger partial charge in [-0.25, -0.2) is 13.4 Å². The van der Waals surface area contributed by atoms with Gasteiger partial charge in [0.05, 0.1) is 18.1 Å². The number of nitrogens with zero attached hydrogens (tertiary/aromatic N) is 3. The van der Waals surface area contributed by atoms with Crippen molar-refractivity contribution in [3.8, 4) is 5.75 Å². The SMILES string of the molecule is O=C(c1ccccc1OC(F)(F)F)N1CCCN(S(=O)(=O)c2cnc[nH]2)CC1. The summed E-state index contributed by atoms with van der Waals surface area (Å²) in [6.07, 6.45) is -2.16. The van der Waals surface area contributed by atoms with Crippen molar-refractivity contribution < 1.29 is 31.1 Å². The van der Waals surface area contributed by atoms with Crippen LogP contribution in [0.4, 0.5) is 13.2 Å². The van der Waals surface area contributed by atoms with Crippen LogP contribution in [0.2, 0.25) is 0 Å². The lowest BCUT2D eigenvalue weighted by Gasteiger charge is -2.22. The molecule has 1 aromatic carbocycles. The molecule has 1 N–H and O–H groups in total. The molecule has 2 aromatic rings. The summed E-state index contributed by atoms with van der Waals surface area (Å²) in [5.74, 6) is -1.24. The first-order valence-corrected chi connectivity index (χ1v) is 9.75. The molecule has 0 unspecified atom stereocenters. The number of nitrogens with one attached hydrogen (secondary N) is 1. The highest BCUT2D eigenvalue weighted by Gasteiger charge is 2.34. The van der Waals surface area contributed by atoms with Gasteiger partial charge in [-0.3, -0.25) is 4.79 Å². The van der Waals surface area contributed by atoms with Gasteiger partial charge in [-0.1, -0.05) is 12.1 Å². The molecule has 1 aliphatic heterocycles. The molecule has 0 saturated carbocycles. The zero-order chi connectivity index (χ0) is 20.4. The molecule has 28 heavy (non-hydrogen) atoms. The van der Waals surface area contributed by atoms with Gasteiger partial charge in [-0.05, 0) is 18.6 Å². The van der Waals surface area contributed by atoms with E-state index in [4.69, 9.17) is 0 Å². The highest BCUT2D eigenvalue weighted by Crippen LogP contribution is 2.27. The molecule has 1 aliphatic rings. The molecule has 0 bridgehead atoms. The number of benzene rings is 1. The van der Waals surface area contributed by atoms with Crippen LogP contribution in [0, 0.1) is 0 Å². The van der Waals surface area contributed by atoms with Crippen LogP contribution < -0.4 is 4.74 Å². The average Bonchev–Trinajstić information content (AvgIpc) is 3.05. The number of hydrogen-bond acceptors (Lipinski definition) is 5. The van der Waals surface area contributed by atoms with Crippen LogP contribution in [0.25, 0.3) is 0 Å². The van der Waals surface area contributed by atoms with E-state index < -0.39 is 28.0 Å². The number of para-hydroxylation sites is 1. The number of aromatic nitrogens is 2. The minimum atomic E-state index is -4.93. The number of rotatable bonds is 4. The van der Waals surface area contributed by atoms with E-state index in [0.717, 1.165) is 6.07 Å². The lowest BCUT2D eigenvalue weighted by atomic mass is 10.1. The van der Waals surface area contributed by atoms with Crippen LogP contribution >= 0.6 is 0 Å². The maximum absolute atomic E-state index is 12.7. The number of H-pyrrole nitrogens is 1. The van der Waals surface area contributed by atoms with Crippen LogP contribution in [0.15, 0.2) is 41.8 Å². The minimum Gasteiger partial charge on any atom is -0.405 e. The summed E-state index contributed by atoms with van der Waals surface area (Å²) in [4.78, 5) is 20.3. The first kappa shape index (κ1) is 20.1. The van der Waals surface area contributed by atoms with Gasteiger partial charge < -0.3 is 14.6 Å². The summed E-state index contributed by atoms with van der Waals surface area (Å²) in [5.41, 5.74) is -0.232. The monoisotopic (exact) mass is 418 g/mol. The number of carbonyl (C=O) groups is 1. The summed E-state index contributed by atoms with van der Waals surface area (Å²) in [5, 5.41) is -0.0591. The van der Waals surface area contributed by atoms with Gasteiger partial charge in [0.1, 0.15) is 5.75 Å². The van der Waals surface area contributed by atoms with Gasteiger partial charge in [0, 0.05) is 26.2 Å². The molecule has 3 rings (SSSR count). The topological polar surface area (TPSA) is 95.6 Å². The number of halogens is 3. The molecule has 152 valence electrons. The second-order valence-corrected chi connectivity index (χ2v) is 7.92. The molecule has 0 radical (unpaired) electrons. The van der Waals surface area contributed by atoms with E-state index in [9.17, 15) is 26.4 Å². The predicted molar refractivity (Wildman–Crippen MR) is 91.0 cm³/mol. The fourth-order valence-electron chi connectivity index (χ4n) is 2.89. The van der Waals surface area contributed by atoms with E-state index in [1.165, 1.54) is 39.9 Å². The molecule has 0 spiro atoms. The largest absolute Gasteiger partial charge is 0.573 e. The Hall–Kier alpha value is -2.60. The standard InChI is InChI=1S/C16H17F3N4O4S/c17-16(18,19)27-13-5-2-1-4-12(13)15(24)22-6-3-7-23(9-8-22)28(25,26)14-10-20-11-21-14/h1-2,4-5,10-11H,3,6-9H2,(H,20,21). The molecule has 1 aromatic heterocycles. The molecule has 0 atom stereocenters. The van der Waals surface area contributed by atoms with Crippen LogP contribution in [0.3, 0.4) is 0 Å². The van der Waals surface area contributed by atoms with E-state index in [1.807, 2.05) is 0 Å². The number of hydrogen-bond donors (Lipinski definition) is 1. The van der Waals surface area contributed by atoms with Crippen molar-refractivity contribution in [2.45, 2.75) is 17.8 Å². The summed E-state index contributed by atoms with van der Waals surface area (Å²) >= 11 is 0. The van der Waals surface area contributed by atoms with Gasteiger partial charge in [0.25, 0.3) is 15.9 Å². The zero-order valence-electron chi connectivity index (χ0n) is 14.5. The van der Waals surface area contributed by atoms with Gasteiger partial charge in [0.2, 0.25) is 0 Å². The second-order valence-electron chi connectivity index (χ2n) is 6.01. The Kier molecular flexibility index (Phi) is 5.61. The average molecular weight is 418 g/mol. The molecule has 0 aliphatic carbocycles. The van der Waals surface area contributed by atoms with Crippen molar-refractivity contribution in [2.75, 3.05) is 26.2 Å².